The van der Waals surface area contributed by atoms with Crippen LogP contribution < -0.4 is 15.3 Å². The molecule has 2 N–H and O–H groups in total. The third-order valence-corrected chi connectivity index (χ3v) is 11.3. The standard InChI is InChI=1S/C40H62N2O2.3C2H4O2.Co/c1-13-37(5,6)29-21-27(35(43)31(23-29)39(9,10)15-3)25-41-33-19-17-18-20-34(33)42-26-28-22-30(38(7,8)14-2)24-32(36(28)44)40(11,12)16-4;3*1-2(3)4;/h21-26,33-34,43-44H,13-20H2,1-12H3;3*1H3,(H,3,4);/q;;;;+3/p-3. The van der Waals surface area contributed by atoms with Gasteiger partial charge in [0.05, 0.1) is 12.1 Å². The zero-order valence-electron chi connectivity index (χ0n) is 37.3. The van der Waals surface area contributed by atoms with Gasteiger partial charge >= 0.3 is 16.8 Å². The van der Waals surface area contributed by atoms with Crippen LogP contribution in [0.4, 0.5) is 0 Å². The zero-order chi connectivity index (χ0) is 43.8. The molecule has 0 heterocycles. The van der Waals surface area contributed by atoms with Gasteiger partial charge in [0, 0.05) is 52.6 Å². The molecule has 0 radical (unpaired) electrons. The Hall–Kier alpha value is -3.70. The van der Waals surface area contributed by atoms with Gasteiger partial charge in [-0.2, -0.15) is 0 Å². The summed E-state index contributed by atoms with van der Waals surface area (Å²) in [6, 6.07) is 8.76. The second-order valence-corrected chi connectivity index (χ2v) is 17.3. The number of phenols is 2. The summed E-state index contributed by atoms with van der Waals surface area (Å²) in [6.45, 7) is 29.6. The molecule has 0 aromatic heterocycles. The summed E-state index contributed by atoms with van der Waals surface area (Å²) in [7, 11) is 0. The number of benzene rings is 2. The number of phenolic OH excluding ortho intramolecular Hbond substituents is 2. The second kappa shape index (κ2) is 24.3. The maximum atomic E-state index is 11.5. The molecule has 10 nitrogen and oxygen atoms in total. The number of carboxylic acid groups (broad SMARTS) is 3. The first kappa shape index (κ1) is 55.4. The first-order valence-electron chi connectivity index (χ1n) is 20.0. The van der Waals surface area contributed by atoms with Crippen LogP contribution in [-0.4, -0.2) is 52.6 Å². The maximum Gasteiger partial charge on any atom is 3.00 e. The van der Waals surface area contributed by atoms with Crippen LogP contribution in [0.15, 0.2) is 34.3 Å². The topological polar surface area (TPSA) is 186 Å². The predicted molar refractivity (Wildman–Crippen MR) is 223 cm³/mol. The van der Waals surface area contributed by atoms with Gasteiger partial charge in [-0.1, -0.05) is 108 Å². The molecule has 2 unspecified atom stereocenters. The molecule has 322 valence electrons. The molecule has 1 saturated carbocycles. The van der Waals surface area contributed by atoms with Crippen molar-refractivity contribution < 1.29 is 56.7 Å². The summed E-state index contributed by atoms with van der Waals surface area (Å²) < 4.78 is 0. The SMILES string of the molecule is CC(=O)[O-].CC(=O)[O-].CC(=O)[O-].CCC(C)(C)c1cc(C=NC2CCCCC2N=Cc2cc(C(C)(C)CC)cc(C(C)(C)CC)c2O)c(O)c(C(C)(C)CC)c1.[Co+3]. The number of carbonyl (C=O) groups is 3. The van der Waals surface area contributed by atoms with E-state index in [9.17, 15) is 10.2 Å². The molecule has 1 aliphatic carbocycles. The van der Waals surface area contributed by atoms with Crippen LogP contribution in [0.25, 0.3) is 0 Å². The third kappa shape index (κ3) is 18.2. The van der Waals surface area contributed by atoms with Crippen molar-refractivity contribution in [1.82, 2.24) is 0 Å². The molecule has 0 saturated heterocycles. The van der Waals surface area contributed by atoms with Gasteiger partial charge in [-0.05, 0) is 104 Å². The summed E-state index contributed by atoms with van der Waals surface area (Å²) in [5.74, 6) is -2.56. The van der Waals surface area contributed by atoms with Crippen LogP contribution in [0.2, 0.25) is 0 Å². The number of hydrogen-bond acceptors (Lipinski definition) is 10. The minimum absolute atomic E-state index is 0. The molecule has 1 aliphatic rings. The Morgan fingerprint density at radius 2 is 0.825 bits per heavy atom. The maximum absolute atomic E-state index is 11.5. The van der Waals surface area contributed by atoms with E-state index in [1.807, 2.05) is 12.4 Å². The largest absolute Gasteiger partial charge is 3.00 e. The van der Waals surface area contributed by atoms with Gasteiger partial charge in [-0.15, -0.1) is 0 Å². The Balaban J connectivity index is 0. The van der Waals surface area contributed by atoms with Crippen molar-refractivity contribution >= 4 is 30.3 Å². The van der Waals surface area contributed by atoms with Crippen LogP contribution in [0.5, 0.6) is 11.5 Å². The van der Waals surface area contributed by atoms with Crippen LogP contribution >= 0.6 is 0 Å². The third-order valence-electron chi connectivity index (χ3n) is 11.3. The molecule has 2 aromatic carbocycles. The first-order chi connectivity index (χ1) is 25.6. The second-order valence-electron chi connectivity index (χ2n) is 17.3. The van der Waals surface area contributed by atoms with Gasteiger partial charge in [0.1, 0.15) is 11.5 Å². The van der Waals surface area contributed by atoms with Crippen LogP contribution in [0, 0.1) is 0 Å². The van der Waals surface area contributed by atoms with Gasteiger partial charge in [-0.3, -0.25) is 9.98 Å². The monoisotopic (exact) mass is 838 g/mol. The number of aliphatic carboxylic acids is 3. The molecule has 0 amide bonds. The molecule has 3 rings (SSSR count). The van der Waals surface area contributed by atoms with E-state index >= 15 is 0 Å². The van der Waals surface area contributed by atoms with Crippen molar-refractivity contribution in [3.05, 3.63) is 57.6 Å². The summed E-state index contributed by atoms with van der Waals surface area (Å²) in [5.41, 5.74) is 5.79. The number of carboxylic acids is 3. The summed E-state index contributed by atoms with van der Waals surface area (Å²) in [5, 5.41) is 49.6. The number of aromatic hydroxyl groups is 2. The summed E-state index contributed by atoms with van der Waals surface area (Å²) in [6.07, 6.45) is 11.9. The van der Waals surface area contributed by atoms with E-state index in [0.717, 1.165) is 94.4 Å². The Kier molecular flexibility index (Phi) is 23.6. The van der Waals surface area contributed by atoms with E-state index < -0.39 is 17.9 Å². The van der Waals surface area contributed by atoms with Crippen molar-refractivity contribution in [3.8, 4) is 11.5 Å². The minimum atomic E-state index is -1.08. The molecule has 0 aliphatic heterocycles. The summed E-state index contributed by atoms with van der Waals surface area (Å²) >= 11 is 0. The van der Waals surface area contributed by atoms with Crippen LogP contribution in [0.1, 0.15) is 189 Å². The van der Waals surface area contributed by atoms with Crippen LogP contribution in [0.3, 0.4) is 0 Å². The molecule has 1 fully saturated rings. The van der Waals surface area contributed by atoms with E-state index in [4.69, 9.17) is 39.7 Å². The van der Waals surface area contributed by atoms with Crippen molar-refractivity contribution in [2.45, 2.75) is 189 Å². The number of aliphatic imine (C=N–C) groups is 2. The Bertz CT molecular complexity index is 1520. The van der Waals surface area contributed by atoms with Gasteiger partial charge in [-0.25, -0.2) is 0 Å². The van der Waals surface area contributed by atoms with Gasteiger partial charge in [0.25, 0.3) is 0 Å². The Morgan fingerprint density at radius 1 is 0.579 bits per heavy atom. The molecule has 2 aromatic rings. The number of carbonyl (C=O) groups excluding carboxylic acids is 3. The van der Waals surface area contributed by atoms with Crippen LogP contribution in [-0.2, 0) is 52.8 Å². The predicted octanol–water partition coefficient (Wildman–Crippen LogP) is 6.96. The quantitative estimate of drug-likeness (QED) is 0.215. The number of rotatable bonds is 12. The molecule has 11 heteroatoms. The minimum Gasteiger partial charge on any atom is -0.550 e. The first-order valence-corrected chi connectivity index (χ1v) is 20.0. The Morgan fingerprint density at radius 3 is 1.05 bits per heavy atom. The normalized spacial score (nSPS) is 15.9. The molecular formula is C46H71CoN2O8. The van der Waals surface area contributed by atoms with Crippen molar-refractivity contribution in [2.75, 3.05) is 0 Å². The fourth-order valence-electron chi connectivity index (χ4n) is 5.90. The van der Waals surface area contributed by atoms with Gasteiger partial charge in [0.2, 0.25) is 0 Å². The fourth-order valence-corrected chi connectivity index (χ4v) is 5.90. The number of nitrogens with zero attached hydrogens (tertiary/aromatic N) is 2. The van der Waals surface area contributed by atoms with E-state index in [1.165, 1.54) is 11.1 Å². The van der Waals surface area contributed by atoms with E-state index in [0.29, 0.717) is 11.5 Å². The van der Waals surface area contributed by atoms with Crippen molar-refractivity contribution in [1.29, 1.82) is 0 Å². The molecule has 0 spiro atoms. The molecular weight excluding hydrogens is 767 g/mol. The van der Waals surface area contributed by atoms with Gasteiger partial charge < -0.3 is 39.9 Å². The fraction of sp³-hybridized carbons (Fsp3) is 0.630. The van der Waals surface area contributed by atoms with Crippen molar-refractivity contribution in [2.24, 2.45) is 9.98 Å². The molecule has 0 bridgehead atoms. The average Bonchev–Trinajstić information content (AvgIpc) is 3.10. The van der Waals surface area contributed by atoms with E-state index in [-0.39, 0.29) is 50.5 Å². The van der Waals surface area contributed by atoms with Gasteiger partial charge in [0.15, 0.2) is 0 Å². The molecule has 57 heavy (non-hydrogen) atoms. The number of hydrogen-bond donors (Lipinski definition) is 2. The van der Waals surface area contributed by atoms with Crippen molar-refractivity contribution in [3.63, 3.8) is 0 Å². The Labute approximate surface area is 353 Å². The smallest absolute Gasteiger partial charge is 0.550 e. The summed E-state index contributed by atoms with van der Waals surface area (Å²) in [4.78, 5) is 36.9. The van der Waals surface area contributed by atoms with E-state index in [1.54, 1.807) is 0 Å². The average molecular weight is 839 g/mol. The zero-order valence-corrected chi connectivity index (χ0v) is 38.4. The molecule has 2 atom stereocenters. The van der Waals surface area contributed by atoms with E-state index in [2.05, 4.69) is 107 Å².